The van der Waals surface area contributed by atoms with Crippen LogP contribution in [-0.4, -0.2) is 39.9 Å². The number of benzene rings is 1. The lowest BCUT2D eigenvalue weighted by molar-refractivity contribution is 0.448. The van der Waals surface area contributed by atoms with E-state index in [1.54, 1.807) is 16.0 Å². The predicted molar refractivity (Wildman–Crippen MR) is 98.1 cm³/mol. The van der Waals surface area contributed by atoms with Gasteiger partial charge in [-0.25, -0.2) is 13.4 Å². The molecule has 1 aliphatic heterocycles. The van der Waals surface area contributed by atoms with Crippen molar-refractivity contribution in [1.82, 2.24) is 20.0 Å². The minimum atomic E-state index is -2.86. The van der Waals surface area contributed by atoms with Gasteiger partial charge in [-0.15, -0.1) is 16.4 Å². The number of hydrogen-bond acceptors (Lipinski definition) is 6. The SMILES string of the molecule is Cc1ccccc1-c1ncc(-c2cn(C[C@H]3CCS(=O)(=O)C3)nn2)s1. The van der Waals surface area contributed by atoms with Crippen molar-refractivity contribution in [3.8, 4) is 21.1 Å². The van der Waals surface area contributed by atoms with E-state index in [0.29, 0.717) is 13.0 Å². The van der Waals surface area contributed by atoms with Crippen molar-refractivity contribution in [2.24, 2.45) is 5.92 Å². The van der Waals surface area contributed by atoms with Crippen LogP contribution in [0.25, 0.3) is 21.1 Å². The number of aromatic nitrogens is 4. The van der Waals surface area contributed by atoms with E-state index in [1.165, 1.54) is 5.56 Å². The first-order chi connectivity index (χ1) is 12.0. The van der Waals surface area contributed by atoms with Crippen molar-refractivity contribution < 1.29 is 8.42 Å². The third kappa shape index (κ3) is 3.50. The van der Waals surface area contributed by atoms with Gasteiger partial charge in [0.05, 0.1) is 22.6 Å². The van der Waals surface area contributed by atoms with E-state index < -0.39 is 9.84 Å². The molecule has 3 aromatic rings. The molecule has 25 heavy (non-hydrogen) atoms. The van der Waals surface area contributed by atoms with Gasteiger partial charge in [0.2, 0.25) is 0 Å². The first kappa shape index (κ1) is 16.4. The van der Waals surface area contributed by atoms with Crippen LogP contribution in [-0.2, 0) is 16.4 Å². The molecule has 0 radical (unpaired) electrons. The van der Waals surface area contributed by atoms with Crippen LogP contribution in [0, 0.1) is 12.8 Å². The highest BCUT2D eigenvalue weighted by atomic mass is 32.2. The van der Waals surface area contributed by atoms with Crippen molar-refractivity contribution in [3.63, 3.8) is 0 Å². The zero-order valence-electron chi connectivity index (χ0n) is 13.8. The van der Waals surface area contributed by atoms with Crippen LogP contribution in [0.4, 0.5) is 0 Å². The number of sulfone groups is 1. The van der Waals surface area contributed by atoms with Gasteiger partial charge in [0.25, 0.3) is 0 Å². The maximum Gasteiger partial charge on any atom is 0.150 e. The Hall–Kier alpha value is -2.06. The fourth-order valence-electron chi connectivity index (χ4n) is 3.11. The summed E-state index contributed by atoms with van der Waals surface area (Å²) in [6.45, 7) is 2.66. The molecule has 1 aromatic carbocycles. The first-order valence-corrected chi connectivity index (χ1v) is 10.8. The Balaban J connectivity index is 1.52. The molecule has 0 spiro atoms. The van der Waals surface area contributed by atoms with Gasteiger partial charge in [-0.3, -0.25) is 4.68 Å². The van der Waals surface area contributed by atoms with Crippen molar-refractivity contribution in [2.75, 3.05) is 11.5 Å². The fourth-order valence-corrected chi connectivity index (χ4v) is 5.92. The maximum atomic E-state index is 11.6. The summed E-state index contributed by atoms with van der Waals surface area (Å²) in [6, 6.07) is 8.16. The highest BCUT2D eigenvalue weighted by Gasteiger charge is 2.28. The Morgan fingerprint density at radius 1 is 1.32 bits per heavy atom. The maximum absolute atomic E-state index is 11.6. The second kappa shape index (κ2) is 6.34. The van der Waals surface area contributed by atoms with E-state index in [4.69, 9.17) is 0 Å². The summed E-state index contributed by atoms with van der Waals surface area (Å²) in [4.78, 5) is 5.48. The molecule has 6 nitrogen and oxygen atoms in total. The minimum absolute atomic E-state index is 0.128. The topological polar surface area (TPSA) is 77.7 Å². The molecule has 0 bridgehead atoms. The molecular formula is C17H18N4O2S2. The number of hydrogen-bond donors (Lipinski definition) is 0. The molecule has 130 valence electrons. The second-order valence-electron chi connectivity index (χ2n) is 6.44. The lowest BCUT2D eigenvalue weighted by atomic mass is 10.1. The number of rotatable bonds is 4. The van der Waals surface area contributed by atoms with Crippen molar-refractivity contribution in [3.05, 3.63) is 42.2 Å². The second-order valence-corrected chi connectivity index (χ2v) is 9.70. The Bertz CT molecular complexity index is 1010. The average Bonchev–Trinajstić information content (AvgIpc) is 3.28. The van der Waals surface area contributed by atoms with Crippen molar-refractivity contribution in [2.45, 2.75) is 19.9 Å². The van der Waals surface area contributed by atoms with Gasteiger partial charge in [-0.05, 0) is 24.8 Å². The highest BCUT2D eigenvalue weighted by Crippen LogP contribution is 2.32. The summed E-state index contributed by atoms with van der Waals surface area (Å²) in [5.41, 5.74) is 3.09. The van der Waals surface area contributed by atoms with E-state index in [0.717, 1.165) is 21.1 Å². The van der Waals surface area contributed by atoms with Crippen LogP contribution in [0.15, 0.2) is 36.7 Å². The summed E-state index contributed by atoms with van der Waals surface area (Å²) in [5, 5.41) is 9.34. The minimum Gasteiger partial charge on any atom is -0.252 e. The highest BCUT2D eigenvalue weighted by molar-refractivity contribution is 7.91. The van der Waals surface area contributed by atoms with Crippen molar-refractivity contribution >= 4 is 21.2 Å². The van der Waals surface area contributed by atoms with Crippen LogP contribution in [0.2, 0.25) is 0 Å². The quantitative estimate of drug-likeness (QED) is 0.702. The van der Waals surface area contributed by atoms with Gasteiger partial charge in [-0.1, -0.05) is 29.5 Å². The fraction of sp³-hybridized carbons (Fsp3) is 0.353. The summed E-state index contributed by atoms with van der Waals surface area (Å²) in [5.74, 6) is 0.664. The van der Waals surface area contributed by atoms with Gasteiger partial charge in [0, 0.05) is 18.3 Å². The van der Waals surface area contributed by atoms with E-state index in [-0.39, 0.29) is 17.4 Å². The van der Waals surface area contributed by atoms with E-state index in [9.17, 15) is 8.42 Å². The Kier molecular flexibility index (Phi) is 4.16. The smallest absolute Gasteiger partial charge is 0.150 e. The van der Waals surface area contributed by atoms with Gasteiger partial charge in [0.15, 0.2) is 9.84 Å². The summed E-state index contributed by atoms with van der Waals surface area (Å²) in [7, 11) is -2.86. The molecule has 0 unspecified atom stereocenters. The number of thiazole rings is 1. The third-order valence-corrected chi connectivity index (χ3v) is 7.33. The standard InChI is InChI=1S/C17H18N4O2S2/c1-12-4-2-3-5-14(12)17-18-8-16(24-17)15-10-21(20-19-15)9-13-6-7-25(22,23)11-13/h2-5,8,10,13H,6-7,9,11H2,1H3/t13-/m1/s1. The zero-order chi connectivity index (χ0) is 17.4. The molecule has 8 heteroatoms. The van der Waals surface area contributed by atoms with Gasteiger partial charge in [0.1, 0.15) is 10.7 Å². The molecule has 1 saturated heterocycles. The molecule has 4 rings (SSSR count). The predicted octanol–water partition coefficient (Wildman–Crippen LogP) is 2.81. The normalized spacial score (nSPS) is 19.3. The lowest BCUT2D eigenvalue weighted by Crippen LogP contribution is -2.12. The average molecular weight is 374 g/mol. The van der Waals surface area contributed by atoms with E-state index in [2.05, 4.69) is 34.4 Å². The summed E-state index contributed by atoms with van der Waals surface area (Å²) < 4.78 is 24.9. The van der Waals surface area contributed by atoms with Gasteiger partial charge < -0.3 is 0 Å². The first-order valence-electron chi connectivity index (χ1n) is 8.13. The molecule has 0 N–H and O–H groups in total. The van der Waals surface area contributed by atoms with E-state index in [1.807, 2.05) is 24.5 Å². The van der Waals surface area contributed by atoms with Gasteiger partial charge in [-0.2, -0.15) is 0 Å². The molecule has 0 amide bonds. The largest absolute Gasteiger partial charge is 0.252 e. The number of nitrogens with zero attached hydrogens (tertiary/aromatic N) is 4. The molecule has 2 aromatic heterocycles. The molecular weight excluding hydrogens is 356 g/mol. The molecule has 1 aliphatic rings. The third-order valence-electron chi connectivity index (χ3n) is 4.44. The summed E-state index contributed by atoms with van der Waals surface area (Å²) in [6.07, 6.45) is 4.40. The van der Waals surface area contributed by atoms with Crippen LogP contribution in [0.3, 0.4) is 0 Å². The van der Waals surface area contributed by atoms with Gasteiger partial charge >= 0.3 is 0 Å². The Morgan fingerprint density at radius 3 is 2.92 bits per heavy atom. The molecule has 1 fully saturated rings. The van der Waals surface area contributed by atoms with Crippen molar-refractivity contribution in [1.29, 1.82) is 0 Å². The zero-order valence-corrected chi connectivity index (χ0v) is 15.4. The van der Waals surface area contributed by atoms with Crippen LogP contribution in [0.5, 0.6) is 0 Å². The summed E-state index contributed by atoms with van der Waals surface area (Å²) >= 11 is 1.59. The van der Waals surface area contributed by atoms with Crippen LogP contribution < -0.4 is 0 Å². The van der Waals surface area contributed by atoms with E-state index >= 15 is 0 Å². The van der Waals surface area contributed by atoms with Crippen LogP contribution in [0.1, 0.15) is 12.0 Å². The molecule has 0 aliphatic carbocycles. The molecule has 1 atom stereocenters. The Labute approximate surface area is 150 Å². The Morgan fingerprint density at radius 2 is 2.16 bits per heavy atom. The van der Waals surface area contributed by atoms with Crippen LogP contribution >= 0.6 is 11.3 Å². The lowest BCUT2D eigenvalue weighted by Gasteiger charge is -2.05. The monoisotopic (exact) mass is 374 g/mol. The number of aryl methyl sites for hydroxylation is 1. The molecule has 0 saturated carbocycles. The molecule has 3 heterocycles.